The fourth-order valence-corrected chi connectivity index (χ4v) is 4.38. The first-order chi connectivity index (χ1) is 15.7. The molecule has 0 fully saturated rings. The summed E-state index contributed by atoms with van der Waals surface area (Å²) < 4.78 is 0.668. The number of carbonyl (C=O) groups is 3. The van der Waals surface area contributed by atoms with Gasteiger partial charge in [-0.25, -0.2) is 4.79 Å². The van der Waals surface area contributed by atoms with Gasteiger partial charge in [0.05, 0.1) is 6.42 Å². The number of hydrogen-bond acceptors (Lipinski definition) is 7. The van der Waals surface area contributed by atoms with Crippen molar-refractivity contribution >= 4 is 29.5 Å². The third-order valence-electron chi connectivity index (χ3n) is 5.60. The number of aromatic hydroxyl groups is 2. The van der Waals surface area contributed by atoms with E-state index in [0.29, 0.717) is 48.6 Å². The summed E-state index contributed by atoms with van der Waals surface area (Å²) in [5.74, 6) is -0.0502. The Morgan fingerprint density at radius 1 is 0.912 bits per heavy atom. The van der Waals surface area contributed by atoms with Crippen LogP contribution in [0.1, 0.15) is 74.1 Å². The topological polar surface area (TPSA) is 112 Å². The van der Waals surface area contributed by atoms with Crippen molar-refractivity contribution in [3.8, 4) is 11.8 Å². The molecule has 0 spiro atoms. The molecule has 0 unspecified atom stereocenters. The van der Waals surface area contributed by atoms with Crippen LogP contribution in [0, 0.1) is 0 Å². The van der Waals surface area contributed by atoms with Gasteiger partial charge in [0, 0.05) is 60.6 Å². The van der Waals surface area contributed by atoms with Crippen LogP contribution in [0.25, 0.3) is 0 Å². The summed E-state index contributed by atoms with van der Waals surface area (Å²) in [6, 6.07) is 2.44. The van der Waals surface area contributed by atoms with Gasteiger partial charge in [-0.3, -0.25) is 9.59 Å². The molecule has 9 nitrogen and oxygen atoms in total. The highest BCUT2D eigenvalue weighted by Gasteiger charge is 2.33. The van der Waals surface area contributed by atoms with Crippen LogP contribution in [0.2, 0.25) is 0 Å². The maximum Gasteiger partial charge on any atom is 0.334 e. The molecule has 194 valence electrons. The van der Waals surface area contributed by atoms with Gasteiger partial charge in [-0.05, 0) is 41.0 Å². The first-order valence-electron chi connectivity index (χ1n) is 11.7. The molecule has 1 aromatic heterocycles. The lowest BCUT2D eigenvalue weighted by atomic mass is 9.95. The molecule has 0 saturated carbocycles. The summed E-state index contributed by atoms with van der Waals surface area (Å²) in [6.45, 7) is 14.9. The number of rotatable bonds is 13. The highest BCUT2D eigenvalue weighted by molar-refractivity contribution is 7.99. The third-order valence-corrected chi connectivity index (χ3v) is 6.56. The third kappa shape index (κ3) is 8.77. The van der Waals surface area contributed by atoms with E-state index < -0.39 is 11.5 Å². The minimum Gasteiger partial charge on any atom is -0.492 e. The monoisotopic (exact) mass is 499 g/mol. The van der Waals surface area contributed by atoms with E-state index in [9.17, 15) is 24.6 Å². The van der Waals surface area contributed by atoms with Crippen molar-refractivity contribution < 1.29 is 29.4 Å². The van der Waals surface area contributed by atoms with Crippen LogP contribution in [0.3, 0.4) is 0 Å². The second-order valence-electron chi connectivity index (χ2n) is 9.70. The van der Waals surface area contributed by atoms with Crippen molar-refractivity contribution in [1.82, 2.24) is 14.5 Å². The fraction of sp³-hybridized carbons (Fsp3) is 0.708. The highest BCUT2D eigenvalue weighted by atomic mass is 32.2. The average molecular weight is 500 g/mol. The van der Waals surface area contributed by atoms with Gasteiger partial charge in [-0.2, -0.15) is 11.8 Å². The minimum atomic E-state index is -0.584. The molecule has 1 heterocycles. The van der Waals surface area contributed by atoms with Crippen LogP contribution >= 0.6 is 11.8 Å². The predicted molar refractivity (Wildman–Crippen MR) is 134 cm³/mol. The molecule has 0 aliphatic carbocycles. The van der Waals surface area contributed by atoms with Crippen LogP contribution in [0.15, 0.2) is 12.1 Å². The van der Waals surface area contributed by atoms with Crippen molar-refractivity contribution in [3.63, 3.8) is 0 Å². The van der Waals surface area contributed by atoms with E-state index in [2.05, 4.69) is 0 Å². The zero-order valence-electron chi connectivity index (χ0n) is 21.6. The van der Waals surface area contributed by atoms with Gasteiger partial charge >= 0.3 is 5.97 Å². The molecule has 0 atom stereocenters. The molecule has 2 amide bonds. The van der Waals surface area contributed by atoms with Gasteiger partial charge < -0.3 is 24.9 Å². The molecule has 10 heteroatoms. The number of nitrogens with zero attached hydrogens (tertiary/aromatic N) is 3. The molecule has 0 aliphatic heterocycles. The molecule has 0 radical (unpaired) electrons. The maximum atomic E-state index is 12.7. The van der Waals surface area contributed by atoms with Gasteiger partial charge in [0.25, 0.3) is 0 Å². The molecule has 0 aliphatic rings. The Kier molecular flexibility index (Phi) is 11.3. The molecule has 0 saturated heterocycles. The first-order valence-corrected chi connectivity index (χ1v) is 12.9. The van der Waals surface area contributed by atoms with Crippen LogP contribution in [0.4, 0.5) is 0 Å². The average Bonchev–Trinajstić information content (AvgIpc) is 3.06. The van der Waals surface area contributed by atoms with E-state index in [0.717, 1.165) is 0 Å². The van der Waals surface area contributed by atoms with Gasteiger partial charge in [0.15, 0.2) is 0 Å². The Balaban J connectivity index is 2.62. The SMILES string of the molecule is CCC(=O)N(CCC(C)(C)N(CCSCCC(=O)On1c(O)ccc1O)C(=O)CC)C(C)(C)C. The molecule has 0 bridgehead atoms. The van der Waals surface area contributed by atoms with Crippen molar-refractivity contribution in [2.24, 2.45) is 0 Å². The van der Waals surface area contributed by atoms with Crippen LogP contribution in [0.5, 0.6) is 11.8 Å². The fourth-order valence-electron chi connectivity index (χ4n) is 3.56. The van der Waals surface area contributed by atoms with E-state index >= 15 is 0 Å². The molecule has 1 aromatic rings. The Morgan fingerprint density at radius 3 is 1.94 bits per heavy atom. The lowest BCUT2D eigenvalue weighted by Crippen LogP contribution is -2.53. The summed E-state index contributed by atoms with van der Waals surface area (Å²) in [7, 11) is 0. The summed E-state index contributed by atoms with van der Waals surface area (Å²) in [5.41, 5.74) is -0.727. The van der Waals surface area contributed by atoms with Crippen LogP contribution in [-0.4, -0.2) is 78.2 Å². The van der Waals surface area contributed by atoms with Crippen LogP contribution in [-0.2, 0) is 14.4 Å². The second kappa shape index (κ2) is 12.9. The Morgan fingerprint density at radius 2 is 1.44 bits per heavy atom. The summed E-state index contributed by atoms with van der Waals surface area (Å²) in [4.78, 5) is 45.8. The Bertz CT molecular complexity index is 812. The first kappa shape index (κ1) is 29.7. The van der Waals surface area contributed by atoms with Crippen molar-refractivity contribution in [2.75, 3.05) is 24.6 Å². The zero-order valence-corrected chi connectivity index (χ0v) is 22.4. The van der Waals surface area contributed by atoms with E-state index in [1.54, 1.807) is 0 Å². The Hall–Kier alpha value is -2.36. The maximum absolute atomic E-state index is 12.7. The highest BCUT2D eigenvalue weighted by Crippen LogP contribution is 2.25. The Labute approximate surface area is 207 Å². The van der Waals surface area contributed by atoms with Gasteiger partial charge in [0.1, 0.15) is 0 Å². The quantitative estimate of drug-likeness (QED) is 0.400. The van der Waals surface area contributed by atoms with Crippen molar-refractivity contribution in [2.45, 2.75) is 85.2 Å². The van der Waals surface area contributed by atoms with Gasteiger partial charge in [-0.1, -0.05) is 13.8 Å². The normalized spacial score (nSPS) is 11.9. The predicted octanol–water partition coefficient (Wildman–Crippen LogP) is 3.42. The number of aromatic nitrogens is 1. The van der Waals surface area contributed by atoms with Gasteiger partial charge in [0.2, 0.25) is 23.6 Å². The van der Waals surface area contributed by atoms with Crippen molar-refractivity contribution in [1.29, 1.82) is 0 Å². The van der Waals surface area contributed by atoms with E-state index in [1.807, 2.05) is 58.3 Å². The largest absolute Gasteiger partial charge is 0.492 e. The second-order valence-corrected chi connectivity index (χ2v) is 10.9. The van der Waals surface area contributed by atoms with Crippen LogP contribution < -0.4 is 4.84 Å². The molecule has 34 heavy (non-hydrogen) atoms. The standard InChI is InChI=1S/C24H41N3O6S/c1-8-18(28)25(23(3,4)5)14-13-24(6,7)26(19(29)9-2)15-17-34-16-12-22(32)33-27-20(30)10-11-21(27)31/h10-11,30-31H,8-9,12-17H2,1-7H3. The number of amides is 2. The lowest BCUT2D eigenvalue weighted by Gasteiger charge is -2.42. The molecular formula is C24H41N3O6S. The summed E-state index contributed by atoms with van der Waals surface area (Å²) >= 11 is 1.52. The molecule has 0 aromatic carbocycles. The summed E-state index contributed by atoms with van der Waals surface area (Å²) in [5, 5.41) is 19.1. The lowest BCUT2D eigenvalue weighted by molar-refractivity contribution is -0.145. The minimum absolute atomic E-state index is 0.0488. The molecule has 2 N–H and O–H groups in total. The zero-order chi connectivity index (χ0) is 26.1. The number of thioether (sulfide) groups is 1. The molecular weight excluding hydrogens is 458 g/mol. The van der Waals surface area contributed by atoms with Gasteiger partial charge in [-0.15, -0.1) is 4.73 Å². The number of carbonyl (C=O) groups excluding carboxylic acids is 3. The molecule has 1 rings (SSSR count). The van der Waals surface area contributed by atoms with E-state index in [4.69, 9.17) is 4.84 Å². The van der Waals surface area contributed by atoms with E-state index in [-0.39, 0.29) is 35.5 Å². The summed E-state index contributed by atoms with van der Waals surface area (Å²) in [6.07, 6.45) is 1.58. The van der Waals surface area contributed by atoms with Crippen molar-refractivity contribution in [3.05, 3.63) is 12.1 Å². The smallest absolute Gasteiger partial charge is 0.334 e. The van der Waals surface area contributed by atoms with E-state index in [1.165, 1.54) is 23.9 Å². The number of hydrogen-bond donors (Lipinski definition) is 2.